The highest BCUT2D eigenvalue weighted by molar-refractivity contribution is 5.94. The predicted octanol–water partition coefficient (Wildman–Crippen LogP) is 1.11. The van der Waals surface area contributed by atoms with Gasteiger partial charge in [0.2, 0.25) is 5.91 Å². The molecule has 2 aliphatic rings. The highest BCUT2D eigenvalue weighted by Crippen LogP contribution is 2.31. The fourth-order valence-corrected chi connectivity index (χ4v) is 4.66. The summed E-state index contributed by atoms with van der Waals surface area (Å²) in [7, 11) is 0. The summed E-state index contributed by atoms with van der Waals surface area (Å²) in [5.41, 5.74) is 4.55. The van der Waals surface area contributed by atoms with Gasteiger partial charge < -0.3 is 20.2 Å². The van der Waals surface area contributed by atoms with Gasteiger partial charge in [0.15, 0.2) is 0 Å². The Morgan fingerprint density at radius 2 is 2.06 bits per heavy atom. The van der Waals surface area contributed by atoms with E-state index in [1.54, 1.807) is 12.3 Å². The van der Waals surface area contributed by atoms with Crippen LogP contribution in [0.25, 0.3) is 0 Å². The molecule has 4 N–H and O–H groups in total. The number of hydrazone groups is 1. The lowest BCUT2D eigenvalue weighted by Gasteiger charge is -2.36. The summed E-state index contributed by atoms with van der Waals surface area (Å²) >= 11 is 0. The lowest BCUT2D eigenvalue weighted by atomic mass is 9.95. The quantitative estimate of drug-likeness (QED) is 0.172. The number of pyridine rings is 1. The number of esters is 1. The van der Waals surface area contributed by atoms with Crippen LogP contribution in [0.3, 0.4) is 0 Å². The topological polar surface area (TPSA) is 140 Å². The number of hydrogen-bond acceptors (Lipinski definition) is 9. The van der Waals surface area contributed by atoms with Crippen LogP contribution in [0.15, 0.2) is 35.6 Å². The fraction of sp³-hybridized carbons (Fsp3) is 0.440. The number of ether oxygens (including phenoxy) is 2. The number of hydrazine groups is 1. The first kappa shape index (κ1) is 25.5. The summed E-state index contributed by atoms with van der Waals surface area (Å²) in [5.74, 6) is 11.1. The molecule has 1 atom stereocenters. The summed E-state index contributed by atoms with van der Waals surface area (Å²) in [4.78, 5) is 33.2. The summed E-state index contributed by atoms with van der Waals surface area (Å²) in [6.07, 6.45) is 3.05. The number of carbonyl (C=O) groups is 2. The maximum Gasteiger partial charge on any atom is 0.338 e. The van der Waals surface area contributed by atoms with Gasteiger partial charge in [-0.05, 0) is 42.7 Å². The van der Waals surface area contributed by atoms with Crippen LogP contribution < -0.4 is 16.7 Å². The number of piperazine rings is 1. The number of anilines is 1. The number of benzene rings is 1. The Hall–Kier alpha value is -3.54. The molecule has 0 saturated carbocycles. The van der Waals surface area contributed by atoms with Crippen molar-refractivity contribution in [3.8, 4) is 0 Å². The summed E-state index contributed by atoms with van der Waals surface area (Å²) in [6.45, 7) is 8.46. The van der Waals surface area contributed by atoms with Crippen molar-refractivity contribution in [2.24, 2.45) is 16.8 Å². The van der Waals surface area contributed by atoms with E-state index in [0.717, 1.165) is 41.9 Å². The first-order chi connectivity index (χ1) is 17.4. The Morgan fingerprint density at radius 3 is 2.72 bits per heavy atom. The molecule has 11 nitrogen and oxygen atoms in total. The molecule has 0 bridgehead atoms. The molecule has 11 heteroatoms. The van der Waals surface area contributed by atoms with Gasteiger partial charge in [-0.25, -0.2) is 20.6 Å². The van der Waals surface area contributed by atoms with Gasteiger partial charge in [-0.2, -0.15) is 5.10 Å². The summed E-state index contributed by atoms with van der Waals surface area (Å²) < 4.78 is 11.3. The molecule has 3 heterocycles. The van der Waals surface area contributed by atoms with Gasteiger partial charge in [-0.15, -0.1) is 0 Å². The zero-order valence-corrected chi connectivity index (χ0v) is 20.7. The largest absolute Gasteiger partial charge is 0.457 e. The number of fused-ring (bicyclic) bond motifs is 1. The number of cyclic esters (lactones) is 1. The molecule has 1 aromatic carbocycles. The van der Waals surface area contributed by atoms with Gasteiger partial charge in [0.05, 0.1) is 18.1 Å². The number of rotatable bonds is 9. The van der Waals surface area contributed by atoms with Gasteiger partial charge in [0.25, 0.3) is 0 Å². The normalized spacial score (nSPS) is 16.8. The Morgan fingerprint density at radius 1 is 1.28 bits per heavy atom. The molecular weight excluding hydrogens is 462 g/mol. The molecule has 4 rings (SSSR count). The number of carbonyl (C=O) groups excluding carboxylic acids is 2. The molecule has 1 saturated heterocycles. The minimum atomic E-state index is -0.262. The van der Waals surface area contributed by atoms with Crippen LogP contribution >= 0.6 is 0 Å². The molecule has 2 aromatic rings. The van der Waals surface area contributed by atoms with Crippen molar-refractivity contribution in [1.29, 1.82) is 0 Å². The molecule has 36 heavy (non-hydrogen) atoms. The van der Waals surface area contributed by atoms with Gasteiger partial charge >= 0.3 is 5.97 Å². The number of amides is 1. The first-order valence-corrected chi connectivity index (χ1v) is 12.0. The van der Waals surface area contributed by atoms with Crippen LogP contribution in [0.1, 0.15) is 45.6 Å². The Kier molecular flexibility index (Phi) is 8.14. The van der Waals surface area contributed by atoms with Gasteiger partial charge in [0, 0.05) is 51.1 Å². The van der Waals surface area contributed by atoms with E-state index in [0.29, 0.717) is 37.7 Å². The van der Waals surface area contributed by atoms with Crippen LogP contribution in [0, 0.1) is 6.92 Å². The van der Waals surface area contributed by atoms with Gasteiger partial charge in [-0.3, -0.25) is 9.69 Å². The second-order valence-corrected chi connectivity index (χ2v) is 8.88. The van der Waals surface area contributed by atoms with Crippen LogP contribution in [0.2, 0.25) is 0 Å². The van der Waals surface area contributed by atoms with E-state index in [4.69, 9.17) is 21.2 Å². The van der Waals surface area contributed by atoms with Crippen molar-refractivity contribution in [3.05, 3.63) is 58.3 Å². The molecule has 1 fully saturated rings. The molecule has 0 spiro atoms. The minimum absolute atomic E-state index is 0.0674. The molecule has 2 aliphatic heterocycles. The summed E-state index contributed by atoms with van der Waals surface area (Å²) in [6, 6.07) is 7.37. The Balaban J connectivity index is 1.32. The third kappa shape index (κ3) is 5.64. The zero-order chi connectivity index (χ0) is 25.7. The van der Waals surface area contributed by atoms with E-state index in [1.165, 1.54) is 11.3 Å². The second kappa shape index (κ2) is 11.5. The monoisotopic (exact) mass is 495 g/mol. The van der Waals surface area contributed by atoms with Gasteiger partial charge in [0.1, 0.15) is 18.8 Å². The lowest BCUT2D eigenvalue weighted by Crippen LogP contribution is -2.50. The average Bonchev–Trinajstić information content (AvgIpc) is 3.26. The third-order valence-corrected chi connectivity index (χ3v) is 6.69. The Bertz CT molecular complexity index is 1110. The number of aromatic nitrogens is 1. The van der Waals surface area contributed by atoms with Crippen LogP contribution in [0.5, 0.6) is 0 Å². The van der Waals surface area contributed by atoms with Crippen molar-refractivity contribution < 1.29 is 19.1 Å². The maximum absolute atomic E-state index is 12.9. The smallest absolute Gasteiger partial charge is 0.338 e. The van der Waals surface area contributed by atoms with E-state index in [1.807, 2.05) is 36.9 Å². The van der Waals surface area contributed by atoms with E-state index in [-0.39, 0.29) is 24.4 Å². The van der Waals surface area contributed by atoms with Crippen LogP contribution in [0.4, 0.5) is 5.82 Å². The van der Waals surface area contributed by atoms with E-state index in [9.17, 15) is 9.59 Å². The molecule has 1 amide bonds. The van der Waals surface area contributed by atoms with Crippen molar-refractivity contribution in [3.63, 3.8) is 0 Å². The molecule has 192 valence electrons. The zero-order valence-electron chi connectivity index (χ0n) is 20.7. The highest BCUT2D eigenvalue weighted by atomic mass is 16.5. The number of nitrogens with two attached hydrogens (primary N) is 2. The van der Waals surface area contributed by atoms with E-state index >= 15 is 0 Å². The molecule has 0 radical (unpaired) electrons. The molecule has 1 aromatic heterocycles. The standard InChI is InChI=1S/C25H33N7O4/c1-3-35-22(19-5-6-20-21(17(19)2)15-36-25(20)34)14-30-8-10-31(11-9-30)24(33)12-18-4-7-23(28-13-18)32(27)16-29-26/h4-7,13,16,22H,3,8-12,14-15,26-27H2,1-2H3/b29-16-. The second-order valence-electron chi connectivity index (χ2n) is 8.88. The molecular formula is C25H33N7O4. The average molecular weight is 496 g/mol. The van der Waals surface area contributed by atoms with Crippen molar-refractivity contribution in [1.82, 2.24) is 14.8 Å². The summed E-state index contributed by atoms with van der Waals surface area (Å²) in [5, 5.41) is 4.57. The van der Waals surface area contributed by atoms with Crippen molar-refractivity contribution in [2.75, 3.05) is 44.3 Å². The third-order valence-electron chi connectivity index (χ3n) is 6.69. The van der Waals surface area contributed by atoms with Crippen molar-refractivity contribution >= 4 is 24.0 Å². The highest BCUT2D eigenvalue weighted by Gasteiger charge is 2.28. The van der Waals surface area contributed by atoms with Crippen molar-refractivity contribution in [2.45, 2.75) is 33.0 Å². The minimum Gasteiger partial charge on any atom is -0.457 e. The SMILES string of the molecule is CCOC(CN1CCN(C(=O)Cc2ccc(N(N)/C=N\N)nc2)CC1)c1ccc2c(c1C)COC2=O. The van der Waals surface area contributed by atoms with Crippen LogP contribution in [-0.4, -0.2) is 72.3 Å². The molecule has 1 unspecified atom stereocenters. The lowest BCUT2D eigenvalue weighted by molar-refractivity contribution is -0.132. The predicted molar refractivity (Wildman–Crippen MR) is 135 cm³/mol. The fourth-order valence-electron chi connectivity index (χ4n) is 4.66. The van der Waals surface area contributed by atoms with Gasteiger partial charge in [-0.1, -0.05) is 12.1 Å². The number of nitrogens with zero attached hydrogens (tertiary/aromatic N) is 5. The van der Waals surface area contributed by atoms with E-state index in [2.05, 4.69) is 15.0 Å². The maximum atomic E-state index is 12.9. The van der Waals surface area contributed by atoms with E-state index < -0.39 is 0 Å². The molecule has 0 aliphatic carbocycles. The first-order valence-electron chi connectivity index (χ1n) is 12.0. The number of hydrogen-bond donors (Lipinski definition) is 2. The Labute approximate surface area is 210 Å². The van der Waals surface area contributed by atoms with Crippen LogP contribution in [-0.2, 0) is 27.3 Å².